The smallest absolute Gasteiger partial charge is 0.270 e. The van der Waals surface area contributed by atoms with E-state index in [1.165, 1.54) is 4.88 Å². The number of aromatic nitrogens is 2. The van der Waals surface area contributed by atoms with Gasteiger partial charge in [0.1, 0.15) is 10.6 Å². The van der Waals surface area contributed by atoms with Crippen LogP contribution in [0.4, 0.5) is 0 Å². The van der Waals surface area contributed by atoms with E-state index < -0.39 is 5.91 Å². The highest BCUT2D eigenvalue weighted by Crippen LogP contribution is 2.33. The molecule has 2 aromatic heterocycles. The molecule has 0 saturated carbocycles. The minimum absolute atomic E-state index is 0.123. The number of hydrogen-bond acceptors (Lipinski definition) is 5. The number of nitrogens with one attached hydrogen (secondary N) is 1. The molecule has 1 aliphatic carbocycles. The van der Waals surface area contributed by atoms with Gasteiger partial charge < -0.3 is 9.72 Å². The summed E-state index contributed by atoms with van der Waals surface area (Å²) in [4.78, 5) is 31.2. The lowest BCUT2D eigenvalue weighted by Gasteiger charge is -2.11. The maximum Gasteiger partial charge on any atom is 0.270 e. The van der Waals surface area contributed by atoms with Crippen molar-refractivity contribution >= 4 is 55.6 Å². The van der Waals surface area contributed by atoms with Gasteiger partial charge in [-0.1, -0.05) is 0 Å². The SMILES string of the molecule is COc1ccc(C(=O)n2c(=S)[nH]c3sc4c(c3c2=O)CCCC4)cc1Br. The number of thiophene rings is 1. The predicted molar refractivity (Wildman–Crippen MR) is 108 cm³/mol. The van der Waals surface area contributed by atoms with Gasteiger partial charge in [-0.15, -0.1) is 11.3 Å². The van der Waals surface area contributed by atoms with Crippen LogP contribution in [-0.2, 0) is 12.8 Å². The van der Waals surface area contributed by atoms with Crippen molar-refractivity contribution < 1.29 is 9.53 Å². The molecule has 0 saturated heterocycles. The monoisotopic (exact) mass is 450 g/mol. The van der Waals surface area contributed by atoms with Crippen LogP contribution in [0.2, 0.25) is 0 Å². The Labute approximate surface area is 166 Å². The zero-order valence-corrected chi connectivity index (χ0v) is 17.1. The summed E-state index contributed by atoms with van der Waals surface area (Å²) in [6.07, 6.45) is 4.05. The molecule has 0 spiro atoms. The summed E-state index contributed by atoms with van der Waals surface area (Å²) >= 11 is 10.3. The van der Waals surface area contributed by atoms with E-state index in [-0.39, 0.29) is 10.3 Å². The summed E-state index contributed by atoms with van der Waals surface area (Å²) in [6, 6.07) is 4.94. The van der Waals surface area contributed by atoms with Crippen molar-refractivity contribution in [1.29, 1.82) is 0 Å². The molecule has 0 fully saturated rings. The number of methoxy groups -OCH3 is 1. The highest BCUT2D eigenvalue weighted by molar-refractivity contribution is 9.10. The average Bonchev–Trinajstić information content (AvgIpc) is 2.99. The maximum atomic E-state index is 13.1. The fraction of sp³-hybridized carbons (Fsp3) is 0.278. The van der Waals surface area contributed by atoms with Crippen LogP contribution in [0.3, 0.4) is 0 Å². The molecule has 4 rings (SSSR count). The molecule has 1 N–H and O–H groups in total. The number of carbonyl (C=O) groups excluding carboxylic acids is 1. The third kappa shape index (κ3) is 2.76. The summed E-state index contributed by atoms with van der Waals surface area (Å²) < 4.78 is 7.02. The quantitative estimate of drug-likeness (QED) is 0.585. The Morgan fingerprint density at radius 3 is 2.85 bits per heavy atom. The predicted octanol–water partition coefficient (Wildman–Crippen LogP) is 4.46. The van der Waals surface area contributed by atoms with E-state index >= 15 is 0 Å². The Morgan fingerprint density at radius 1 is 1.35 bits per heavy atom. The van der Waals surface area contributed by atoms with Crippen molar-refractivity contribution in [2.45, 2.75) is 25.7 Å². The van der Waals surface area contributed by atoms with Crippen LogP contribution < -0.4 is 10.3 Å². The number of hydrogen-bond donors (Lipinski definition) is 1. The van der Waals surface area contributed by atoms with E-state index in [1.807, 2.05) is 0 Å². The standard InChI is InChI=1S/C18H15BrN2O3S2/c1-24-12-7-6-9(8-11(12)19)16(22)21-17(23)14-10-4-2-3-5-13(10)26-15(14)20-18(21)25/h6-8H,2-5H2,1H3,(H,20,25). The average molecular weight is 451 g/mol. The highest BCUT2D eigenvalue weighted by atomic mass is 79.9. The zero-order chi connectivity index (χ0) is 18.4. The summed E-state index contributed by atoms with van der Waals surface area (Å²) in [5.74, 6) is 0.165. The van der Waals surface area contributed by atoms with Crippen LogP contribution >= 0.6 is 39.5 Å². The largest absolute Gasteiger partial charge is 0.496 e. The van der Waals surface area contributed by atoms with E-state index in [4.69, 9.17) is 17.0 Å². The van der Waals surface area contributed by atoms with Crippen LogP contribution in [0, 0.1) is 4.77 Å². The molecule has 26 heavy (non-hydrogen) atoms. The third-order valence-corrected chi connectivity index (χ3v) is 6.73. The summed E-state index contributed by atoms with van der Waals surface area (Å²) in [5.41, 5.74) is 1.10. The van der Waals surface area contributed by atoms with Crippen LogP contribution in [-0.4, -0.2) is 22.6 Å². The van der Waals surface area contributed by atoms with E-state index in [0.717, 1.165) is 40.6 Å². The molecule has 1 aromatic carbocycles. The number of aryl methyl sites for hydroxylation is 2. The van der Waals surface area contributed by atoms with Gasteiger partial charge in [-0.2, -0.15) is 0 Å². The third-order valence-electron chi connectivity index (χ3n) is 4.61. The number of carbonyl (C=O) groups is 1. The topological polar surface area (TPSA) is 64.1 Å². The van der Waals surface area contributed by atoms with Crippen molar-refractivity contribution in [3.8, 4) is 5.75 Å². The zero-order valence-electron chi connectivity index (χ0n) is 13.9. The molecular formula is C18H15BrN2O3S2. The molecule has 134 valence electrons. The van der Waals surface area contributed by atoms with Gasteiger partial charge in [-0.25, -0.2) is 4.57 Å². The molecule has 0 aliphatic heterocycles. The molecule has 3 aromatic rings. The van der Waals surface area contributed by atoms with E-state index in [2.05, 4.69) is 20.9 Å². The van der Waals surface area contributed by atoms with Crippen molar-refractivity contribution in [1.82, 2.24) is 9.55 Å². The van der Waals surface area contributed by atoms with Gasteiger partial charge in [0.05, 0.1) is 17.0 Å². The van der Waals surface area contributed by atoms with Gasteiger partial charge in [0.25, 0.3) is 11.5 Å². The maximum absolute atomic E-state index is 13.1. The lowest BCUT2D eigenvalue weighted by atomic mass is 9.97. The van der Waals surface area contributed by atoms with E-state index in [9.17, 15) is 9.59 Å². The fourth-order valence-electron chi connectivity index (χ4n) is 3.35. The molecule has 0 atom stereocenters. The molecule has 0 radical (unpaired) electrons. The Balaban J connectivity index is 1.91. The molecular weight excluding hydrogens is 436 g/mol. The minimum Gasteiger partial charge on any atom is -0.496 e. The first-order chi connectivity index (χ1) is 12.5. The van der Waals surface area contributed by atoms with Crippen molar-refractivity contribution in [3.05, 3.63) is 53.8 Å². The van der Waals surface area contributed by atoms with E-state index in [0.29, 0.717) is 21.2 Å². The Morgan fingerprint density at radius 2 is 2.12 bits per heavy atom. The summed E-state index contributed by atoms with van der Waals surface area (Å²) in [5, 5.41) is 0.610. The number of nitrogens with zero attached hydrogens (tertiary/aromatic N) is 1. The number of ether oxygens (including phenoxy) is 1. The second kappa shape index (κ2) is 6.75. The molecule has 0 unspecified atom stereocenters. The number of benzene rings is 1. The molecule has 2 heterocycles. The lowest BCUT2D eigenvalue weighted by molar-refractivity contribution is 0.0953. The summed E-state index contributed by atoms with van der Waals surface area (Å²) in [7, 11) is 1.55. The first-order valence-electron chi connectivity index (χ1n) is 8.19. The van der Waals surface area contributed by atoms with Crippen LogP contribution in [0.25, 0.3) is 10.2 Å². The van der Waals surface area contributed by atoms with Gasteiger partial charge in [0, 0.05) is 10.4 Å². The van der Waals surface area contributed by atoms with Crippen molar-refractivity contribution in [2.24, 2.45) is 0 Å². The van der Waals surface area contributed by atoms with Crippen LogP contribution in [0.5, 0.6) is 5.75 Å². The van der Waals surface area contributed by atoms with Gasteiger partial charge in [-0.3, -0.25) is 9.59 Å². The second-order valence-electron chi connectivity index (χ2n) is 6.14. The normalized spacial score (nSPS) is 13.6. The van der Waals surface area contributed by atoms with Crippen LogP contribution in [0.15, 0.2) is 27.5 Å². The molecule has 1 aliphatic rings. The molecule has 0 bridgehead atoms. The Kier molecular flexibility index (Phi) is 4.58. The van der Waals surface area contributed by atoms with Crippen molar-refractivity contribution in [2.75, 3.05) is 7.11 Å². The van der Waals surface area contributed by atoms with Gasteiger partial charge in [-0.05, 0) is 77.6 Å². The molecule has 8 heteroatoms. The summed E-state index contributed by atoms with van der Waals surface area (Å²) in [6.45, 7) is 0. The number of H-pyrrole nitrogens is 1. The number of fused-ring (bicyclic) bond motifs is 3. The Hall–Kier alpha value is -1.77. The van der Waals surface area contributed by atoms with Gasteiger partial charge >= 0.3 is 0 Å². The first kappa shape index (κ1) is 17.6. The lowest BCUT2D eigenvalue weighted by Crippen LogP contribution is -2.29. The Bertz CT molecular complexity index is 1160. The first-order valence-corrected chi connectivity index (χ1v) is 10.2. The molecule has 0 amide bonds. The molecule has 5 nitrogen and oxygen atoms in total. The van der Waals surface area contributed by atoms with Gasteiger partial charge in [0.15, 0.2) is 4.77 Å². The fourth-order valence-corrected chi connectivity index (χ4v) is 5.50. The number of halogens is 1. The van der Waals surface area contributed by atoms with E-state index in [1.54, 1.807) is 36.6 Å². The number of rotatable bonds is 2. The van der Waals surface area contributed by atoms with Gasteiger partial charge in [0.2, 0.25) is 0 Å². The minimum atomic E-state index is -0.447. The van der Waals surface area contributed by atoms with Crippen molar-refractivity contribution in [3.63, 3.8) is 0 Å². The van der Waals surface area contributed by atoms with Crippen LogP contribution in [0.1, 0.15) is 33.6 Å². The highest BCUT2D eigenvalue weighted by Gasteiger charge is 2.22. The number of aromatic amines is 1. The second-order valence-corrected chi connectivity index (χ2v) is 8.49.